The molecule has 1 aromatic carbocycles. The first-order valence-electron chi connectivity index (χ1n) is 8.33. The first-order valence-corrected chi connectivity index (χ1v) is 8.33. The standard InChI is InChI=1S/C18H30N2O/c1-5-7-9-11-20(12-10-8-6-2)17-13-15(3)18(19-21)16(4)14-17/h13-14H,5-12H2,1-4H3. The predicted octanol–water partition coefficient (Wildman–Crippen LogP) is 5.89. The quantitative estimate of drug-likeness (QED) is 0.397. The van der Waals surface area contributed by atoms with Crippen LogP contribution in [0, 0.1) is 18.8 Å². The Morgan fingerprint density at radius 3 is 1.76 bits per heavy atom. The third-order valence-electron chi connectivity index (χ3n) is 4.00. The highest BCUT2D eigenvalue weighted by Gasteiger charge is 2.11. The lowest BCUT2D eigenvalue weighted by Crippen LogP contribution is -2.25. The Labute approximate surface area is 129 Å². The minimum Gasteiger partial charge on any atom is -0.372 e. The van der Waals surface area contributed by atoms with Crippen molar-refractivity contribution in [3.05, 3.63) is 28.2 Å². The second-order valence-electron chi connectivity index (χ2n) is 5.92. The van der Waals surface area contributed by atoms with Gasteiger partial charge < -0.3 is 4.90 Å². The zero-order valence-corrected chi connectivity index (χ0v) is 14.1. The van der Waals surface area contributed by atoms with Crippen molar-refractivity contribution in [3.8, 4) is 0 Å². The van der Waals surface area contributed by atoms with Crippen molar-refractivity contribution in [2.24, 2.45) is 5.18 Å². The highest BCUT2D eigenvalue weighted by Crippen LogP contribution is 2.29. The van der Waals surface area contributed by atoms with Gasteiger partial charge in [-0.3, -0.25) is 0 Å². The summed E-state index contributed by atoms with van der Waals surface area (Å²) < 4.78 is 0. The summed E-state index contributed by atoms with van der Waals surface area (Å²) >= 11 is 0. The number of rotatable bonds is 10. The number of hydrogen-bond acceptors (Lipinski definition) is 3. The molecule has 0 radical (unpaired) electrons. The summed E-state index contributed by atoms with van der Waals surface area (Å²) in [6.07, 6.45) is 7.50. The maximum absolute atomic E-state index is 10.9. The van der Waals surface area contributed by atoms with E-state index in [1.807, 2.05) is 13.8 Å². The number of nitrogens with zero attached hydrogens (tertiary/aromatic N) is 2. The average molecular weight is 290 g/mol. The van der Waals surface area contributed by atoms with Gasteiger partial charge in [0.2, 0.25) is 0 Å². The lowest BCUT2D eigenvalue weighted by atomic mass is 10.1. The fourth-order valence-corrected chi connectivity index (χ4v) is 2.73. The maximum Gasteiger partial charge on any atom is 0.113 e. The highest BCUT2D eigenvalue weighted by atomic mass is 16.3. The minimum atomic E-state index is 0.598. The lowest BCUT2D eigenvalue weighted by Gasteiger charge is -2.26. The second kappa shape index (κ2) is 9.54. The van der Waals surface area contributed by atoms with Gasteiger partial charge in [0, 0.05) is 18.8 Å². The van der Waals surface area contributed by atoms with Crippen LogP contribution in [0.2, 0.25) is 0 Å². The summed E-state index contributed by atoms with van der Waals surface area (Å²) in [5, 5.41) is 3.15. The molecular formula is C18H30N2O. The topological polar surface area (TPSA) is 32.7 Å². The summed E-state index contributed by atoms with van der Waals surface area (Å²) in [5.74, 6) is 0. The first-order chi connectivity index (χ1) is 10.1. The molecule has 0 fully saturated rings. The predicted molar refractivity (Wildman–Crippen MR) is 92.6 cm³/mol. The fraction of sp³-hybridized carbons (Fsp3) is 0.667. The molecule has 21 heavy (non-hydrogen) atoms. The second-order valence-corrected chi connectivity index (χ2v) is 5.92. The Morgan fingerprint density at radius 1 is 0.905 bits per heavy atom. The summed E-state index contributed by atoms with van der Waals surface area (Å²) in [5.41, 5.74) is 3.80. The van der Waals surface area contributed by atoms with Gasteiger partial charge in [0.25, 0.3) is 0 Å². The Kier molecular flexibility index (Phi) is 8.03. The van der Waals surface area contributed by atoms with Crippen LogP contribution in [0.3, 0.4) is 0 Å². The van der Waals surface area contributed by atoms with E-state index < -0.39 is 0 Å². The molecule has 0 amide bonds. The van der Waals surface area contributed by atoms with Crippen molar-refractivity contribution >= 4 is 11.4 Å². The molecule has 0 saturated carbocycles. The van der Waals surface area contributed by atoms with Crippen molar-refractivity contribution < 1.29 is 0 Å². The molecule has 0 aromatic heterocycles. The summed E-state index contributed by atoms with van der Waals surface area (Å²) in [6.45, 7) is 10.6. The SMILES string of the molecule is CCCCCN(CCCCC)c1cc(C)c(N=O)c(C)c1. The molecule has 0 bridgehead atoms. The van der Waals surface area contributed by atoms with Crippen molar-refractivity contribution in [1.29, 1.82) is 0 Å². The third-order valence-corrected chi connectivity index (χ3v) is 4.00. The summed E-state index contributed by atoms with van der Waals surface area (Å²) in [6, 6.07) is 4.23. The zero-order chi connectivity index (χ0) is 15.7. The Morgan fingerprint density at radius 2 is 1.38 bits per heavy atom. The molecule has 0 aliphatic heterocycles. The van der Waals surface area contributed by atoms with E-state index in [0.29, 0.717) is 5.69 Å². The molecule has 0 aliphatic rings. The largest absolute Gasteiger partial charge is 0.372 e. The van der Waals surface area contributed by atoms with Crippen molar-refractivity contribution in [2.45, 2.75) is 66.2 Å². The third kappa shape index (κ3) is 5.49. The molecule has 0 atom stereocenters. The number of anilines is 1. The van der Waals surface area contributed by atoms with Crippen LogP contribution in [-0.2, 0) is 0 Å². The Bertz CT molecular complexity index is 410. The molecule has 1 aromatic rings. The van der Waals surface area contributed by atoms with E-state index in [2.05, 4.69) is 36.1 Å². The molecule has 0 N–H and O–H groups in total. The van der Waals surface area contributed by atoms with Gasteiger partial charge in [-0.05, 0) is 55.1 Å². The zero-order valence-electron chi connectivity index (χ0n) is 14.1. The number of unbranched alkanes of at least 4 members (excludes halogenated alkanes) is 4. The molecule has 0 unspecified atom stereocenters. The Balaban J connectivity index is 2.87. The summed E-state index contributed by atoms with van der Waals surface area (Å²) in [4.78, 5) is 13.4. The van der Waals surface area contributed by atoms with Crippen LogP contribution in [0.4, 0.5) is 11.4 Å². The lowest BCUT2D eigenvalue weighted by molar-refractivity contribution is 0.636. The van der Waals surface area contributed by atoms with Crippen molar-refractivity contribution in [3.63, 3.8) is 0 Å². The van der Waals surface area contributed by atoms with E-state index in [1.165, 1.54) is 44.2 Å². The van der Waals surface area contributed by atoms with Crippen LogP contribution >= 0.6 is 0 Å². The molecule has 0 aliphatic carbocycles. The minimum absolute atomic E-state index is 0.598. The van der Waals surface area contributed by atoms with Crippen LogP contribution in [0.15, 0.2) is 17.3 Å². The van der Waals surface area contributed by atoms with Gasteiger partial charge in [-0.1, -0.05) is 39.5 Å². The van der Waals surface area contributed by atoms with Crippen LogP contribution in [0.5, 0.6) is 0 Å². The first kappa shape index (κ1) is 17.7. The van der Waals surface area contributed by atoms with E-state index in [1.54, 1.807) is 0 Å². The Hall–Kier alpha value is -1.38. The van der Waals surface area contributed by atoms with Crippen LogP contribution in [0.1, 0.15) is 63.5 Å². The van der Waals surface area contributed by atoms with Crippen molar-refractivity contribution in [1.82, 2.24) is 0 Å². The number of benzene rings is 1. The summed E-state index contributed by atoms with van der Waals surface area (Å²) in [7, 11) is 0. The molecule has 0 spiro atoms. The smallest absolute Gasteiger partial charge is 0.113 e. The van der Waals surface area contributed by atoms with Gasteiger partial charge in [0.15, 0.2) is 0 Å². The van der Waals surface area contributed by atoms with Gasteiger partial charge in [0.05, 0.1) is 0 Å². The van der Waals surface area contributed by atoms with Crippen LogP contribution in [0.25, 0.3) is 0 Å². The normalized spacial score (nSPS) is 10.7. The monoisotopic (exact) mass is 290 g/mol. The van der Waals surface area contributed by atoms with Gasteiger partial charge in [-0.25, -0.2) is 0 Å². The van der Waals surface area contributed by atoms with E-state index in [4.69, 9.17) is 0 Å². The number of aryl methyl sites for hydroxylation is 2. The van der Waals surface area contributed by atoms with Gasteiger partial charge >= 0.3 is 0 Å². The van der Waals surface area contributed by atoms with Gasteiger partial charge in [-0.2, -0.15) is 0 Å². The molecular weight excluding hydrogens is 260 g/mol. The number of hydrogen-bond donors (Lipinski definition) is 0. The van der Waals surface area contributed by atoms with Gasteiger partial charge in [-0.15, -0.1) is 4.91 Å². The highest BCUT2D eigenvalue weighted by molar-refractivity contribution is 5.62. The fourth-order valence-electron chi connectivity index (χ4n) is 2.73. The molecule has 1 rings (SSSR count). The maximum atomic E-state index is 10.9. The van der Waals surface area contributed by atoms with E-state index in [0.717, 1.165) is 24.2 Å². The molecule has 0 heterocycles. The average Bonchev–Trinajstić information content (AvgIpc) is 2.45. The molecule has 3 heteroatoms. The molecule has 3 nitrogen and oxygen atoms in total. The van der Waals surface area contributed by atoms with Crippen LogP contribution < -0.4 is 4.90 Å². The van der Waals surface area contributed by atoms with E-state index in [-0.39, 0.29) is 0 Å². The molecule has 0 saturated heterocycles. The number of nitroso groups, excluding NO2 is 1. The van der Waals surface area contributed by atoms with E-state index >= 15 is 0 Å². The van der Waals surface area contributed by atoms with Crippen molar-refractivity contribution in [2.75, 3.05) is 18.0 Å². The van der Waals surface area contributed by atoms with Crippen LogP contribution in [-0.4, -0.2) is 13.1 Å². The molecule has 118 valence electrons. The van der Waals surface area contributed by atoms with Gasteiger partial charge in [0.1, 0.15) is 5.69 Å². The van der Waals surface area contributed by atoms with E-state index in [9.17, 15) is 4.91 Å².